The number of morpholine rings is 1. The van der Waals surface area contributed by atoms with Gasteiger partial charge in [0.15, 0.2) is 5.76 Å². The number of nitrogens with zero attached hydrogens (tertiary/aromatic N) is 4. The summed E-state index contributed by atoms with van der Waals surface area (Å²) in [7, 11) is -7.68. The van der Waals surface area contributed by atoms with Crippen molar-refractivity contribution in [1.82, 2.24) is 18.7 Å². The Morgan fingerprint density at radius 2 is 1.48 bits per heavy atom. The second-order valence-corrected chi connectivity index (χ2v) is 11.6. The standard InChI is InChI=1S/C20H26N4O7S2/c1-15-19(16(2)31-21-15)33(28,29)23-9-7-22(8-10-23)20(25)17-5-3-4-6-18(17)32(26,27)24-11-13-30-14-12-24/h3-6H,7-14H2,1-2H3. The lowest BCUT2D eigenvalue weighted by atomic mass is 10.2. The third-order valence-electron chi connectivity index (χ3n) is 5.80. The van der Waals surface area contributed by atoms with Crippen LogP contribution < -0.4 is 0 Å². The fourth-order valence-electron chi connectivity index (χ4n) is 4.07. The van der Waals surface area contributed by atoms with E-state index in [1.54, 1.807) is 26.0 Å². The summed E-state index contributed by atoms with van der Waals surface area (Å²) in [5.74, 6) is -0.231. The van der Waals surface area contributed by atoms with Gasteiger partial charge >= 0.3 is 0 Å². The molecule has 1 aromatic heterocycles. The van der Waals surface area contributed by atoms with E-state index in [1.807, 2.05) is 0 Å². The average Bonchev–Trinajstić information content (AvgIpc) is 3.17. The van der Waals surface area contributed by atoms with Gasteiger partial charge in [-0.15, -0.1) is 0 Å². The summed E-state index contributed by atoms with van der Waals surface area (Å²) in [5.41, 5.74) is 0.360. The predicted molar refractivity (Wildman–Crippen MR) is 117 cm³/mol. The lowest BCUT2D eigenvalue weighted by Gasteiger charge is -2.34. The molecule has 13 heteroatoms. The zero-order chi connectivity index (χ0) is 23.8. The van der Waals surface area contributed by atoms with E-state index in [2.05, 4.69) is 5.16 Å². The largest absolute Gasteiger partial charge is 0.379 e. The summed E-state index contributed by atoms with van der Waals surface area (Å²) in [6.07, 6.45) is 0. The number of benzene rings is 1. The van der Waals surface area contributed by atoms with E-state index >= 15 is 0 Å². The zero-order valence-corrected chi connectivity index (χ0v) is 20.1. The zero-order valence-electron chi connectivity index (χ0n) is 18.4. The molecule has 0 radical (unpaired) electrons. The smallest absolute Gasteiger partial charge is 0.255 e. The van der Waals surface area contributed by atoms with E-state index < -0.39 is 26.0 Å². The maximum atomic E-state index is 13.3. The molecule has 180 valence electrons. The van der Waals surface area contributed by atoms with Crippen molar-refractivity contribution in [2.75, 3.05) is 52.5 Å². The molecule has 33 heavy (non-hydrogen) atoms. The van der Waals surface area contributed by atoms with Crippen LogP contribution in [0.2, 0.25) is 0 Å². The lowest BCUT2D eigenvalue weighted by Crippen LogP contribution is -2.51. The van der Waals surface area contributed by atoms with Crippen LogP contribution in [0, 0.1) is 13.8 Å². The Hall–Kier alpha value is -2.32. The molecular weight excluding hydrogens is 472 g/mol. The van der Waals surface area contributed by atoms with Gasteiger partial charge in [0.05, 0.1) is 23.7 Å². The summed E-state index contributed by atoms with van der Waals surface area (Å²) in [6, 6.07) is 6.11. The molecule has 2 aliphatic heterocycles. The van der Waals surface area contributed by atoms with Crippen LogP contribution in [0.3, 0.4) is 0 Å². The molecule has 0 atom stereocenters. The molecule has 2 fully saturated rings. The van der Waals surface area contributed by atoms with Crippen LogP contribution in [-0.2, 0) is 24.8 Å². The molecule has 0 bridgehead atoms. The van der Waals surface area contributed by atoms with Crippen molar-refractivity contribution in [3.8, 4) is 0 Å². The van der Waals surface area contributed by atoms with Crippen molar-refractivity contribution >= 4 is 26.0 Å². The number of hydrogen-bond acceptors (Lipinski definition) is 8. The number of aryl methyl sites for hydroxylation is 2. The first-order valence-electron chi connectivity index (χ1n) is 10.5. The Labute approximate surface area is 193 Å². The van der Waals surface area contributed by atoms with Crippen LogP contribution in [-0.4, -0.2) is 93.9 Å². The first-order chi connectivity index (χ1) is 15.6. The Kier molecular flexibility index (Phi) is 6.60. The van der Waals surface area contributed by atoms with Gasteiger partial charge in [0.1, 0.15) is 10.6 Å². The van der Waals surface area contributed by atoms with E-state index in [0.29, 0.717) is 13.2 Å². The molecule has 0 unspecified atom stereocenters. The molecule has 2 aromatic rings. The third-order valence-corrected chi connectivity index (χ3v) is 9.90. The monoisotopic (exact) mass is 498 g/mol. The molecule has 4 rings (SSSR count). The van der Waals surface area contributed by atoms with Gasteiger partial charge in [-0.2, -0.15) is 8.61 Å². The highest BCUT2D eigenvalue weighted by Crippen LogP contribution is 2.26. The van der Waals surface area contributed by atoms with Gasteiger partial charge in [0.2, 0.25) is 20.0 Å². The molecule has 1 amide bonds. The van der Waals surface area contributed by atoms with Crippen molar-refractivity contribution in [2.45, 2.75) is 23.6 Å². The van der Waals surface area contributed by atoms with Gasteiger partial charge < -0.3 is 14.2 Å². The van der Waals surface area contributed by atoms with Crippen molar-refractivity contribution < 1.29 is 30.9 Å². The predicted octanol–water partition coefficient (Wildman–Crippen LogP) is 0.459. The van der Waals surface area contributed by atoms with Crippen LogP contribution in [0.15, 0.2) is 38.6 Å². The number of piperazine rings is 1. The minimum atomic E-state index is -3.87. The number of hydrogen-bond donors (Lipinski definition) is 0. The molecular formula is C20H26N4O7S2. The molecule has 2 saturated heterocycles. The number of rotatable bonds is 5. The fraction of sp³-hybridized carbons (Fsp3) is 0.500. The van der Waals surface area contributed by atoms with Crippen molar-refractivity contribution in [3.63, 3.8) is 0 Å². The Bertz CT molecular complexity index is 1220. The SMILES string of the molecule is Cc1noc(C)c1S(=O)(=O)N1CCN(C(=O)c2ccccc2S(=O)(=O)N2CCOCC2)CC1. The van der Waals surface area contributed by atoms with Crippen LogP contribution in [0.5, 0.6) is 0 Å². The van der Waals surface area contributed by atoms with E-state index in [4.69, 9.17) is 9.26 Å². The minimum absolute atomic E-state index is 0.0456. The first-order valence-corrected chi connectivity index (χ1v) is 13.4. The molecule has 1 aromatic carbocycles. The summed E-state index contributed by atoms with van der Waals surface area (Å²) < 4.78 is 65.2. The molecule has 0 saturated carbocycles. The number of aromatic nitrogens is 1. The highest BCUT2D eigenvalue weighted by Gasteiger charge is 2.36. The summed E-state index contributed by atoms with van der Waals surface area (Å²) >= 11 is 0. The Morgan fingerprint density at radius 1 is 0.879 bits per heavy atom. The molecule has 0 aliphatic carbocycles. The van der Waals surface area contributed by atoms with Gasteiger partial charge in [-0.1, -0.05) is 17.3 Å². The Balaban J connectivity index is 1.52. The summed E-state index contributed by atoms with van der Waals surface area (Å²) in [6.45, 7) is 4.58. The van der Waals surface area contributed by atoms with Crippen LogP contribution >= 0.6 is 0 Å². The highest BCUT2D eigenvalue weighted by atomic mass is 32.2. The second kappa shape index (κ2) is 9.14. The average molecular weight is 499 g/mol. The number of carbonyl (C=O) groups is 1. The molecule has 0 spiro atoms. The summed E-state index contributed by atoms with van der Waals surface area (Å²) in [4.78, 5) is 14.7. The summed E-state index contributed by atoms with van der Waals surface area (Å²) in [5, 5.41) is 3.72. The van der Waals surface area contributed by atoms with Crippen LogP contribution in [0.1, 0.15) is 21.8 Å². The van der Waals surface area contributed by atoms with Gasteiger partial charge in [-0.25, -0.2) is 16.8 Å². The van der Waals surface area contributed by atoms with E-state index in [0.717, 1.165) is 0 Å². The molecule has 3 heterocycles. The topological polar surface area (TPSA) is 130 Å². The first kappa shape index (κ1) is 23.8. The lowest BCUT2D eigenvalue weighted by molar-refractivity contribution is 0.0690. The quantitative estimate of drug-likeness (QED) is 0.581. The second-order valence-electron chi connectivity index (χ2n) is 7.86. The van der Waals surface area contributed by atoms with Crippen LogP contribution in [0.25, 0.3) is 0 Å². The fourth-order valence-corrected chi connectivity index (χ4v) is 7.37. The number of amides is 1. The highest BCUT2D eigenvalue weighted by molar-refractivity contribution is 7.89. The third kappa shape index (κ3) is 4.43. The normalized spacial score (nSPS) is 19.0. The van der Waals surface area contributed by atoms with Gasteiger partial charge in [0.25, 0.3) is 5.91 Å². The maximum absolute atomic E-state index is 13.3. The van der Waals surface area contributed by atoms with E-state index in [9.17, 15) is 21.6 Å². The van der Waals surface area contributed by atoms with Crippen molar-refractivity contribution in [2.24, 2.45) is 0 Å². The van der Waals surface area contributed by atoms with E-state index in [-0.39, 0.29) is 66.1 Å². The van der Waals surface area contributed by atoms with Crippen molar-refractivity contribution in [3.05, 3.63) is 41.3 Å². The van der Waals surface area contributed by atoms with Gasteiger partial charge in [0, 0.05) is 39.3 Å². The molecule has 2 aliphatic rings. The number of carbonyl (C=O) groups excluding carboxylic acids is 1. The van der Waals surface area contributed by atoms with Gasteiger partial charge in [-0.3, -0.25) is 4.79 Å². The van der Waals surface area contributed by atoms with Gasteiger partial charge in [-0.05, 0) is 26.0 Å². The molecule has 0 N–H and O–H groups in total. The molecule has 11 nitrogen and oxygen atoms in total. The maximum Gasteiger partial charge on any atom is 0.255 e. The number of sulfonamides is 2. The van der Waals surface area contributed by atoms with Crippen molar-refractivity contribution in [1.29, 1.82) is 0 Å². The minimum Gasteiger partial charge on any atom is -0.379 e. The van der Waals surface area contributed by atoms with E-state index in [1.165, 1.54) is 25.6 Å². The number of ether oxygens (including phenoxy) is 1. The Morgan fingerprint density at radius 3 is 2.09 bits per heavy atom. The van der Waals surface area contributed by atoms with Crippen LogP contribution in [0.4, 0.5) is 0 Å².